The number of rotatable bonds is 3. The maximum atomic E-state index is 2.49. The molecule has 0 aliphatic heterocycles. The van der Waals surface area contributed by atoms with E-state index in [1.54, 1.807) is 0 Å². The van der Waals surface area contributed by atoms with Crippen molar-refractivity contribution < 1.29 is 0 Å². The van der Waals surface area contributed by atoms with Crippen molar-refractivity contribution in [1.82, 2.24) is 4.57 Å². The Balaban J connectivity index is 1.01. The standard InChI is InChI=1S/C60H35NS/c1-2-16-40(17-3-1)61-55-25-13-12-20-43(55)52-32-38(26-28-56(52)61)59-44-21-8-10-23-46(44)60(47-24-11-9-22-45(47)59)39-27-29-57-53(33-39)54-34-50-49-31-37-15-5-4-14-36(37)30-48(49)41-18-6-7-19-42(41)51(50)35-58(54)62-57/h1-35H. The predicted octanol–water partition coefficient (Wildman–Crippen LogP) is 17.4. The van der Waals surface area contributed by atoms with E-state index in [1.165, 1.54) is 135 Å². The van der Waals surface area contributed by atoms with E-state index >= 15 is 0 Å². The molecule has 0 bridgehead atoms. The van der Waals surface area contributed by atoms with Crippen molar-refractivity contribution in [1.29, 1.82) is 0 Å². The van der Waals surface area contributed by atoms with Crippen LogP contribution in [0.3, 0.4) is 0 Å². The minimum Gasteiger partial charge on any atom is -0.309 e. The summed E-state index contributed by atoms with van der Waals surface area (Å²) in [5, 5.41) is 20.6. The second-order valence-electron chi connectivity index (χ2n) is 16.8. The van der Waals surface area contributed by atoms with Crippen molar-refractivity contribution in [3.63, 3.8) is 0 Å². The third-order valence-electron chi connectivity index (χ3n) is 13.5. The highest BCUT2D eigenvalue weighted by molar-refractivity contribution is 7.25. The molecule has 0 amide bonds. The fourth-order valence-electron chi connectivity index (χ4n) is 10.8. The van der Waals surface area contributed by atoms with Crippen LogP contribution in [-0.2, 0) is 0 Å². The Labute approximate surface area is 360 Å². The quantitative estimate of drug-likeness (QED) is 0.124. The van der Waals surface area contributed by atoms with E-state index in [1.807, 2.05) is 11.3 Å². The van der Waals surface area contributed by atoms with Crippen LogP contribution in [0.1, 0.15) is 0 Å². The van der Waals surface area contributed by atoms with Crippen LogP contribution < -0.4 is 0 Å². The summed E-state index contributed by atoms with van der Waals surface area (Å²) in [7, 11) is 0. The lowest BCUT2D eigenvalue weighted by atomic mass is 9.85. The summed E-state index contributed by atoms with van der Waals surface area (Å²) in [6.07, 6.45) is 0. The Hall–Kier alpha value is -7.78. The summed E-state index contributed by atoms with van der Waals surface area (Å²) in [6.45, 7) is 0. The van der Waals surface area contributed by atoms with E-state index < -0.39 is 0 Å². The second kappa shape index (κ2) is 12.9. The van der Waals surface area contributed by atoms with Crippen molar-refractivity contribution in [2.75, 3.05) is 0 Å². The van der Waals surface area contributed by atoms with Gasteiger partial charge in [-0.2, -0.15) is 0 Å². The third kappa shape index (κ3) is 4.78. The Morgan fingerprint density at radius 3 is 1.35 bits per heavy atom. The molecule has 1 nitrogen and oxygen atoms in total. The lowest BCUT2D eigenvalue weighted by Gasteiger charge is -2.18. The smallest absolute Gasteiger partial charge is 0.0541 e. The van der Waals surface area contributed by atoms with Crippen molar-refractivity contribution in [3.05, 3.63) is 212 Å². The summed E-state index contributed by atoms with van der Waals surface area (Å²) in [4.78, 5) is 0. The largest absolute Gasteiger partial charge is 0.309 e. The van der Waals surface area contributed by atoms with Crippen molar-refractivity contribution >= 4 is 118 Å². The van der Waals surface area contributed by atoms with Crippen LogP contribution in [0, 0.1) is 0 Å². The van der Waals surface area contributed by atoms with Gasteiger partial charge in [0.2, 0.25) is 0 Å². The normalized spacial score (nSPS) is 12.2. The number of thiophene rings is 1. The molecule has 0 saturated heterocycles. The van der Waals surface area contributed by atoms with Gasteiger partial charge in [-0.05, 0) is 154 Å². The summed E-state index contributed by atoms with van der Waals surface area (Å²) in [6, 6.07) is 79.3. The molecule has 0 atom stereocenters. The molecule has 2 aromatic heterocycles. The maximum absolute atomic E-state index is 2.49. The summed E-state index contributed by atoms with van der Waals surface area (Å²) >= 11 is 1.90. The van der Waals surface area contributed by atoms with Crippen molar-refractivity contribution in [2.24, 2.45) is 0 Å². The molecule has 0 N–H and O–H groups in total. The monoisotopic (exact) mass is 801 g/mol. The van der Waals surface area contributed by atoms with E-state index in [2.05, 4.69) is 217 Å². The van der Waals surface area contributed by atoms with Crippen LogP contribution in [0.4, 0.5) is 0 Å². The van der Waals surface area contributed by atoms with Gasteiger partial charge in [0.1, 0.15) is 0 Å². The van der Waals surface area contributed by atoms with Crippen LogP contribution in [0.2, 0.25) is 0 Å². The molecule has 0 radical (unpaired) electrons. The first-order valence-corrected chi connectivity index (χ1v) is 22.2. The highest BCUT2D eigenvalue weighted by Crippen LogP contribution is 2.48. The fourth-order valence-corrected chi connectivity index (χ4v) is 11.9. The highest BCUT2D eigenvalue weighted by Gasteiger charge is 2.20. The minimum absolute atomic E-state index is 1.17. The van der Waals surface area contributed by atoms with Crippen molar-refractivity contribution in [3.8, 4) is 27.9 Å². The lowest BCUT2D eigenvalue weighted by molar-refractivity contribution is 1.18. The summed E-state index contributed by atoms with van der Waals surface area (Å²) in [5.41, 5.74) is 8.63. The Morgan fingerprint density at radius 1 is 0.258 bits per heavy atom. The van der Waals surface area contributed by atoms with Gasteiger partial charge in [-0.1, -0.05) is 146 Å². The van der Waals surface area contributed by atoms with Gasteiger partial charge >= 0.3 is 0 Å². The molecule has 0 spiro atoms. The molecular weight excluding hydrogens is 767 g/mol. The number of hydrogen-bond acceptors (Lipinski definition) is 1. The number of hydrogen-bond donors (Lipinski definition) is 0. The molecule has 12 aromatic carbocycles. The SMILES string of the molecule is c1ccc(-n2c3ccccc3c3cc(-c4c5ccccc5c(-c5ccc6sc7cc8c9ccccc9c9cc%10ccccc%10cc9c8cc7c6c5)c5ccccc45)ccc32)cc1. The van der Waals surface area contributed by atoms with Gasteiger partial charge in [-0.15, -0.1) is 11.3 Å². The number of para-hydroxylation sites is 2. The zero-order chi connectivity index (χ0) is 40.5. The number of aromatic nitrogens is 1. The molecule has 286 valence electrons. The van der Waals surface area contributed by atoms with Gasteiger partial charge in [0.25, 0.3) is 0 Å². The fraction of sp³-hybridized carbons (Fsp3) is 0. The topological polar surface area (TPSA) is 4.93 Å². The molecule has 0 saturated carbocycles. The number of nitrogens with zero attached hydrogens (tertiary/aromatic N) is 1. The average molecular weight is 802 g/mol. The van der Waals surface area contributed by atoms with Gasteiger partial charge in [0, 0.05) is 36.6 Å². The second-order valence-corrected chi connectivity index (χ2v) is 17.8. The molecule has 0 fully saturated rings. The van der Waals surface area contributed by atoms with Gasteiger partial charge in [0.15, 0.2) is 0 Å². The van der Waals surface area contributed by atoms with Crippen LogP contribution in [0.25, 0.3) is 135 Å². The number of benzene rings is 12. The Morgan fingerprint density at radius 2 is 0.710 bits per heavy atom. The van der Waals surface area contributed by atoms with Gasteiger partial charge < -0.3 is 4.57 Å². The first-order chi connectivity index (χ1) is 30.7. The van der Waals surface area contributed by atoms with Crippen LogP contribution in [-0.4, -0.2) is 4.57 Å². The molecule has 0 aliphatic rings. The van der Waals surface area contributed by atoms with Crippen LogP contribution in [0.5, 0.6) is 0 Å². The molecule has 14 rings (SSSR count). The van der Waals surface area contributed by atoms with E-state index in [9.17, 15) is 0 Å². The zero-order valence-corrected chi connectivity index (χ0v) is 34.4. The molecule has 62 heavy (non-hydrogen) atoms. The van der Waals surface area contributed by atoms with Gasteiger partial charge in [-0.3, -0.25) is 0 Å². The molecular formula is C60H35NS. The van der Waals surface area contributed by atoms with E-state index in [4.69, 9.17) is 0 Å². The van der Waals surface area contributed by atoms with E-state index in [-0.39, 0.29) is 0 Å². The predicted molar refractivity (Wildman–Crippen MR) is 270 cm³/mol. The Bertz CT molecular complexity index is 4150. The summed E-state index contributed by atoms with van der Waals surface area (Å²) < 4.78 is 5.03. The van der Waals surface area contributed by atoms with Crippen LogP contribution in [0.15, 0.2) is 212 Å². The average Bonchev–Trinajstić information content (AvgIpc) is 3.87. The Kier molecular flexibility index (Phi) is 7.05. The maximum Gasteiger partial charge on any atom is 0.0541 e. The summed E-state index contributed by atoms with van der Waals surface area (Å²) in [5.74, 6) is 0. The number of fused-ring (bicyclic) bond motifs is 15. The minimum atomic E-state index is 1.17. The molecule has 14 aromatic rings. The third-order valence-corrected chi connectivity index (χ3v) is 14.6. The molecule has 0 unspecified atom stereocenters. The first kappa shape index (κ1) is 34.0. The van der Waals surface area contributed by atoms with Crippen molar-refractivity contribution in [2.45, 2.75) is 0 Å². The van der Waals surface area contributed by atoms with E-state index in [0.717, 1.165) is 0 Å². The van der Waals surface area contributed by atoms with Gasteiger partial charge in [-0.25, -0.2) is 0 Å². The van der Waals surface area contributed by atoms with E-state index in [0.29, 0.717) is 0 Å². The first-order valence-electron chi connectivity index (χ1n) is 21.4. The molecule has 2 heteroatoms. The zero-order valence-electron chi connectivity index (χ0n) is 33.6. The lowest BCUT2D eigenvalue weighted by Crippen LogP contribution is -1.93. The van der Waals surface area contributed by atoms with Crippen LogP contribution >= 0.6 is 11.3 Å². The van der Waals surface area contributed by atoms with Gasteiger partial charge in [0.05, 0.1) is 11.0 Å². The highest BCUT2D eigenvalue weighted by atomic mass is 32.1. The molecule has 2 heterocycles. The molecule has 0 aliphatic carbocycles.